The second kappa shape index (κ2) is 11.0. The first kappa shape index (κ1) is 21.3. The number of rotatable bonds is 9. The number of nitrogens with zero attached hydrogens (tertiary/aromatic N) is 5. The Hall–Kier alpha value is -2.38. The van der Waals surface area contributed by atoms with Gasteiger partial charge in [0.25, 0.3) is 0 Å². The van der Waals surface area contributed by atoms with Gasteiger partial charge < -0.3 is 19.7 Å². The van der Waals surface area contributed by atoms with Crippen LogP contribution in [-0.4, -0.2) is 39.0 Å². The van der Waals surface area contributed by atoms with Gasteiger partial charge in [-0.15, -0.1) is 10.2 Å². The Morgan fingerprint density at radius 1 is 1.10 bits per heavy atom. The molecule has 29 heavy (non-hydrogen) atoms. The topological polar surface area (TPSA) is 93.2 Å². The number of guanidine groups is 1. The second-order valence-electron chi connectivity index (χ2n) is 7.46. The first-order chi connectivity index (χ1) is 14.3. The highest BCUT2D eigenvalue weighted by Crippen LogP contribution is 2.17. The van der Waals surface area contributed by atoms with Gasteiger partial charge in [0.15, 0.2) is 5.96 Å². The first-order valence-corrected chi connectivity index (χ1v) is 11.2. The molecule has 0 radical (unpaired) electrons. The Morgan fingerprint density at radius 2 is 2.00 bits per heavy atom. The van der Waals surface area contributed by atoms with E-state index in [0.29, 0.717) is 6.54 Å². The van der Waals surface area contributed by atoms with Crippen LogP contribution >= 0.6 is 0 Å². The van der Waals surface area contributed by atoms with E-state index in [-0.39, 0.29) is 0 Å². The SMILES string of the molecule is CCNC(=NCc1c(CC)noc1CC)NCCCc1nnc2n1CCCCC2. The second-order valence-corrected chi connectivity index (χ2v) is 7.46. The molecule has 0 atom stereocenters. The molecule has 0 bridgehead atoms. The van der Waals surface area contributed by atoms with Crippen molar-refractivity contribution in [1.29, 1.82) is 0 Å². The summed E-state index contributed by atoms with van der Waals surface area (Å²) in [6.45, 7) is 9.58. The lowest BCUT2D eigenvalue weighted by Gasteiger charge is -2.12. The van der Waals surface area contributed by atoms with Crippen LogP contribution in [0, 0.1) is 0 Å². The molecule has 1 aliphatic rings. The van der Waals surface area contributed by atoms with Crippen LogP contribution in [-0.2, 0) is 38.8 Å². The Labute approximate surface area is 173 Å². The molecule has 0 aromatic carbocycles. The smallest absolute Gasteiger partial charge is 0.191 e. The van der Waals surface area contributed by atoms with Crippen molar-refractivity contribution in [2.45, 2.75) is 85.2 Å². The third-order valence-electron chi connectivity index (χ3n) is 5.40. The summed E-state index contributed by atoms with van der Waals surface area (Å²) in [4.78, 5) is 4.75. The molecule has 8 nitrogen and oxygen atoms in total. The predicted octanol–water partition coefficient (Wildman–Crippen LogP) is 2.81. The zero-order valence-corrected chi connectivity index (χ0v) is 18.1. The van der Waals surface area contributed by atoms with Gasteiger partial charge >= 0.3 is 0 Å². The fraction of sp³-hybridized carbons (Fsp3) is 0.714. The maximum absolute atomic E-state index is 5.45. The molecule has 2 N–H and O–H groups in total. The third-order valence-corrected chi connectivity index (χ3v) is 5.40. The van der Waals surface area contributed by atoms with E-state index in [0.717, 1.165) is 86.4 Å². The Bertz CT molecular complexity index is 772. The van der Waals surface area contributed by atoms with E-state index < -0.39 is 0 Å². The summed E-state index contributed by atoms with van der Waals surface area (Å²) < 4.78 is 7.78. The maximum Gasteiger partial charge on any atom is 0.191 e. The van der Waals surface area contributed by atoms with Crippen LogP contribution in [0.5, 0.6) is 0 Å². The molecule has 1 aliphatic heterocycles. The molecule has 3 rings (SSSR count). The van der Waals surface area contributed by atoms with Gasteiger partial charge in [-0.25, -0.2) is 4.99 Å². The van der Waals surface area contributed by atoms with Crippen molar-refractivity contribution < 1.29 is 4.52 Å². The van der Waals surface area contributed by atoms with Crippen molar-refractivity contribution in [2.75, 3.05) is 13.1 Å². The average Bonchev–Trinajstić information content (AvgIpc) is 3.24. The van der Waals surface area contributed by atoms with Gasteiger partial charge in [0, 0.05) is 44.5 Å². The lowest BCUT2D eigenvalue weighted by Crippen LogP contribution is -2.38. The summed E-state index contributed by atoms with van der Waals surface area (Å²) in [5.74, 6) is 4.05. The molecule has 0 aliphatic carbocycles. The number of hydrogen-bond acceptors (Lipinski definition) is 5. The van der Waals surface area contributed by atoms with Gasteiger partial charge in [-0.1, -0.05) is 25.4 Å². The largest absolute Gasteiger partial charge is 0.361 e. The van der Waals surface area contributed by atoms with E-state index in [1.165, 1.54) is 19.3 Å². The van der Waals surface area contributed by atoms with E-state index >= 15 is 0 Å². The molecule has 160 valence electrons. The van der Waals surface area contributed by atoms with Gasteiger partial charge in [-0.2, -0.15) is 0 Å². The van der Waals surface area contributed by atoms with Crippen LogP contribution in [0.25, 0.3) is 0 Å². The first-order valence-electron chi connectivity index (χ1n) is 11.2. The van der Waals surface area contributed by atoms with Crippen LogP contribution in [0.2, 0.25) is 0 Å². The summed E-state index contributed by atoms with van der Waals surface area (Å²) in [5.41, 5.74) is 2.13. The standard InChI is InChI=1S/C21H35N7O/c1-4-17-16(18(5-2)29-27-17)15-24-21(22-6-3)23-13-10-12-20-26-25-19-11-8-7-9-14-28(19)20/h4-15H2,1-3H3,(H2,22,23,24). The number of hydrogen-bond donors (Lipinski definition) is 2. The highest BCUT2D eigenvalue weighted by atomic mass is 16.5. The summed E-state index contributed by atoms with van der Waals surface area (Å²) >= 11 is 0. The van der Waals surface area contributed by atoms with Gasteiger partial charge in [0.05, 0.1) is 12.2 Å². The Balaban J connectivity index is 1.53. The molecule has 0 saturated heterocycles. The number of nitrogens with one attached hydrogen (secondary N) is 2. The minimum atomic E-state index is 0.586. The van der Waals surface area contributed by atoms with Crippen molar-refractivity contribution >= 4 is 5.96 Å². The fourth-order valence-electron chi connectivity index (χ4n) is 3.80. The van der Waals surface area contributed by atoms with E-state index in [4.69, 9.17) is 9.52 Å². The molecule has 2 aromatic rings. The fourth-order valence-corrected chi connectivity index (χ4v) is 3.80. The summed E-state index contributed by atoms with van der Waals surface area (Å²) in [7, 11) is 0. The summed E-state index contributed by atoms with van der Waals surface area (Å²) in [6.07, 6.45) is 8.44. The Kier molecular flexibility index (Phi) is 8.07. The molecule has 0 unspecified atom stereocenters. The predicted molar refractivity (Wildman–Crippen MR) is 114 cm³/mol. The van der Waals surface area contributed by atoms with Gasteiger partial charge in [-0.3, -0.25) is 0 Å². The minimum Gasteiger partial charge on any atom is -0.361 e. The lowest BCUT2D eigenvalue weighted by molar-refractivity contribution is 0.380. The number of aromatic nitrogens is 4. The normalized spacial score (nSPS) is 14.5. The molecule has 0 spiro atoms. The van der Waals surface area contributed by atoms with Crippen LogP contribution in [0.3, 0.4) is 0 Å². The van der Waals surface area contributed by atoms with Crippen molar-refractivity contribution in [3.63, 3.8) is 0 Å². The number of aryl methyl sites for hydroxylation is 4. The highest BCUT2D eigenvalue weighted by molar-refractivity contribution is 5.79. The summed E-state index contributed by atoms with van der Waals surface area (Å²) in [6, 6.07) is 0. The monoisotopic (exact) mass is 401 g/mol. The lowest BCUT2D eigenvalue weighted by atomic mass is 10.1. The average molecular weight is 402 g/mol. The van der Waals surface area contributed by atoms with E-state index in [1.807, 2.05) is 0 Å². The van der Waals surface area contributed by atoms with E-state index in [9.17, 15) is 0 Å². The van der Waals surface area contributed by atoms with Gasteiger partial charge in [-0.05, 0) is 32.6 Å². The van der Waals surface area contributed by atoms with Crippen molar-refractivity contribution in [3.8, 4) is 0 Å². The maximum atomic E-state index is 5.45. The van der Waals surface area contributed by atoms with Gasteiger partial charge in [0.2, 0.25) is 0 Å². The molecule has 3 heterocycles. The van der Waals surface area contributed by atoms with Crippen LogP contribution in [0.1, 0.15) is 75.1 Å². The van der Waals surface area contributed by atoms with Crippen molar-refractivity contribution in [3.05, 3.63) is 28.7 Å². The zero-order chi connectivity index (χ0) is 20.5. The van der Waals surface area contributed by atoms with Crippen LogP contribution in [0.15, 0.2) is 9.52 Å². The van der Waals surface area contributed by atoms with Crippen molar-refractivity contribution in [1.82, 2.24) is 30.6 Å². The number of aliphatic imine (C=N–C) groups is 1. The van der Waals surface area contributed by atoms with E-state index in [1.54, 1.807) is 0 Å². The third kappa shape index (κ3) is 5.58. The summed E-state index contributed by atoms with van der Waals surface area (Å²) in [5, 5.41) is 19.8. The molecule has 0 fully saturated rings. The van der Waals surface area contributed by atoms with Crippen LogP contribution < -0.4 is 10.6 Å². The van der Waals surface area contributed by atoms with Gasteiger partial charge in [0.1, 0.15) is 17.4 Å². The van der Waals surface area contributed by atoms with Crippen LogP contribution in [0.4, 0.5) is 0 Å². The molecule has 2 aromatic heterocycles. The highest BCUT2D eigenvalue weighted by Gasteiger charge is 2.15. The minimum absolute atomic E-state index is 0.586. The quantitative estimate of drug-likeness (QED) is 0.381. The van der Waals surface area contributed by atoms with Crippen molar-refractivity contribution in [2.24, 2.45) is 4.99 Å². The number of fused-ring (bicyclic) bond motifs is 1. The zero-order valence-electron chi connectivity index (χ0n) is 18.1. The van der Waals surface area contributed by atoms with E-state index in [2.05, 4.69) is 51.3 Å². The molecule has 8 heteroatoms. The molecular formula is C21H35N7O. The molecular weight excluding hydrogens is 366 g/mol. The Morgan fingerprint density at radius 3 is 2.79 bits per heavy atom. The molecule has 0 saturated carbocycles. The molecule has 0 amide bonds.